The molecule has 0 bridgehead atoms. The number of allylic oxidation sites excluding steroid dienone is 15. The first-order chi connectivity index (χ1) is 39.6. The first-order valence-electron chi connectivity index (χ1n) is 32.0. The number of aliphatic hydroxyl groups is 8. The van der Waals surface area contributed by atoms with Crippen LogP contribution >= 0.6 is 0 Å². The topological polar surface area (TPSA) is 228 Å². The largest absolute Gasteiger partial charge is 0.394 e. The summed E-state index contributed by atoms with van der Waals surface area (Å²) in [6.07, 6.45) is 54.8. The Labute approximate surface area is 490 Å². The van der Waals surface area contributed by atoms with Crippen molar-refractivity contribution < 1.29 is 64.6 Å². The predicted molar refractivity (Wildman–Crippen MR) is 327 cm³/mol. The van der Waals surface area contributed by atoms with Gasteiger partial charge in [0.25, 0.3) is 0 Å². The number of unbranched alkanes of at least 4 members (excludes halogenated alkanes) is 23. The third-order valence-electron chi connectivity index (χ3n) is 15.0. The maximum Gasteiger partial charge on any atom is 0.220 e. The van der Waals surface area contributed by atoms with Gasteiger partial charge >= 0.3 is 0 Å². The van der Waals surface area contributed by atoms with Crippen molar-refractivity contribution in [2.24, 2.45) is 0 Å². The Morgan fingerprint density at radius 2 is 0.864 bits per heavy atom. The second-order valence-electron chi connectivity index (χ2n) is 22.1. The van der Waals surface area contributed by atoms with Gasteiger partial charge in [-0.05, 0) is 70.6 Å². The molecule has 12 atom stereocenters. The molecule has 0 aromatic heterocycles. The lowest BCUT2D eigenvalue weighted by molar-refractivity contribution is -0.359. The van der Waals surface area contributed by atoms with E-state index in [1.165, 1.54) is 141 Å². The van der Waals surface area contributed by atoms with E-state index in [1.807, 2.05) is 18.2 Å². The van der Waals surface area contributed by atoms with Crippen molar-refractivity contribution in [1.82, 2.24) is 5.32 Å². The van der Waals surface area contributed by atoms with Gasteiger partial charge in [-0.15, -0.1) is 0 Å². The summed E-state index contributed by atoms with van der Waals surface area (Å²) < 4.78 is 22.7. The van der Waals surface area contributed by atoms with Gasteiger partial charge in [0.05, 0.1) is 32.0 Å². The Balaban J connectivity index is 1.77. The third kappa shape index (κ3) is 36.4. The van der Waals surface area contributed by atoms with E-state index in [9.17, 15) is 45.6 Å². The predicted octanol–water partition coefficient (Wildman–Crippen LogP) is 11.8. The van der Waals surface area contributed by atoms with Gasteiger partial charge in [0.1, 0.15) is 48.8 Å². The van der Waals surface area contributed by atoms with Crippen molar-refractivity contribution in [2.45, 2.75) is 299 Å². The lowest BCUT2D eigenvalue weighted by Gasteiger charge is -2.46. The van der Waals surface area contributed by atoms with Crippen molar-refractivity contribution in [1.29, 1.82) is 0 Å². The molecule has 0 saturated carbocycles. The summed E-state index contributed by atoms with van der Waals surface area (Å²) in [5, 5.41) is 87.1. The zero-order valence-electron chi connectivity index (χ0n) is 50.2. The van der Waals surface area contributed by atoms with Gasteiger partial charge < -0.3 is 65.1 Å². The van der Waals surface area contributed by atoms with Gasteiger partial charge in [0, 0.05) is 6.42 Å². The molecule has 2 saturated heterocycles. The fourth-order valence-electron chi connectivity index (χ4n) is 9.92. The molecule has 0 aliphatic carbocycles. The molecule has 2 aliphatic heterocycles. The molecule has 14 heteroatoms. The zero-order chi connectivity index (χ0) is 58.8. The Bertz CT molecular complexity index is 1730. The molecule has 14 nitrogen and oxygen atoms in total. The summed E-state index contributed by atoms with van der Waals surface area (Å²) in [7, 11) is 0. The highest BCUT2D eigenvalue weighted by atomic mass is 16.7. The number of carbonyl (C=O) groups is 1. The van der Waals surface area contributed by atoms with Crippen molar-refractivity contribution in [2.75, 3.05) is 19.8 Å². The van der Waals surface area contributed by atoms with Crippen LogP contribution in [0.1, 0.15) is 226 Å². The van der Waals surface area contributed by atoms with Gasteiger partial charge in [-0.3, -0.25) is 4.79 Å². The van der Waals surface area contributed by atoms with Gasteiger partial charge in [0.15, 0.2) is 12.6 Å². The molecule has 9 N–H and O–H groups in total. The highest BCUT2D eigenvalue weighted by molar-refractivity contribution is 5.76. The first kappa shape index (κ1) is 74.0. The van der Waals surface area contributed by atoms with Crippen LogP contribution in [0.25, 0.3) is 0 Å². The summed E-state index contributed by atoms with van der Waals surface area (Å²) in [6, 6.07) is -0.980. The maximum atomic E-state index is 13.2. The molecule has 2 rings (SSSR count). The summed E-state index contributed by atoms with van der Waals surface area (Å²) >= 11 is 0. The molecular formula is C67H115NO13. The number of aliphatic hydroxyl groups excluding tert-OH is 8. The van der Waals surface area contributed by atoms with Crippen LogP contribution in [0.5, 0.6) is 0 Å². The van der Waals surface area contributed by atoms with Gasteiger partial charge in [-0.25, -0.2) is 0 Å². The number of hydrogen-bond donors (Lipinski definition) is 9. The van der Waals surface area contributed by atoms with E-state index in [0.29, 0.717) is 12.8 Å². The van der Waals surface area contributed by atoms with Crippen molar-refractivity contribution >= 4 is 5.91 Å². The summed E-state index contributed by atoms with van der Waals surface area (Å²) in [5.41, 5.74) is 0. The van der Waals surface area contributed by atoms with E-state index in [2.05, 4.69) is 92.1 Å². The fourth-order valence-corrected chi connectivity index (χ4v) is 9.92. The molecule has 0 aromatic rings. The van der Waals surface area contributed by atoms with Crippen molar-refractivity contribution in [3.63, 3.8) is 0 Å². The molecule has 2 heterocycles. The number of hydrogen-bond acceptors (Lipinski definition) is 13. The normalized spacial score (nSPS) is 24.8. The first-order valence-corrected chi connectivity index (χ1v) is 32.0. The monoisotopic (exact) mass is 1140 g/mol. The van der Waals surface area contributed by atoms with Crippen LogP contribution < -0.4 is 5.32 Å². The lowest BCUT2D eigenvalue weighted by atomic mass is 9.97. The summed E-state index contributed by atoms with van der Waals surface area (Å²) in [4.78, 5) is 13.2. The Morgan fingerprint density at radius 1 is 0.457 bits per heavy atom. The average molecular weight is 1140 g/mol. The Morgan fingerprint density at radius 3 is 1.35 bits per heavy atom. The second-order valence-corrected chi connectivity index (χ2v) is 22.1. The Kier molecular flexibility index (Phi) is 46.9. The van der Waals surface area contributed by atoms with Gasteiger partial charge in [-0.2, -0.15) is 0 Å². The minimum atomic E-state index is -1.80. The number of rotatable bonds is 50. The average Bonchev–Trinajstić information content (AvgIpc) is 3.63. The fraction of sp³-hybridized carbons (Fsp3) is 0.746. The quantitative estimate of drug-likeness (QED) is 0.0204. The smallest absolute Gasteiger partial charge is 0.220 e. The number of nitrogens with one attached hydrogen (secondary N) is 1. The van der Waals surface area contributed by atoms with E-state index in [0.717, 1.165) is 51.4 Å². The van der Waals surface area contributed by atoms with E-state index >= 15 is 0 Å². The molecule has 12 unspecified atom stereocenters. The van der Waals surface area contributed by atoms with Crippen LogP contribution in [-0.2, 0) is 23.7 Å². The number of amides is 1. The summed E-state index contributed by atoms with van der Waals surface area (Å²) in [5.74, 6) is -0.333. The molecule has 2 aliphatic rings. The van der Waals surface area contributed by atoms with E-state index in [-0.39, 0.29) is 18.9 Å². The van der Waals surface area contributed by atoms with Crippen LogP contribution in [-0.4, -0.2) is 140 Å². The van der Waals surface area contributed by atoms with E-state index < -0.39 is 86.8 Å². The minimum Gasteiger partial charge on any atom is -0.394 e. The molecule has 466 valence electrons. The molecule has 0 radical (unpaired) electrons. The highest BCUT2D eigenvalue weighted by Gasteiger charge is 2.51. The molecule has 81 heavy (non-hydrogen) atoms. The number of carbonyl (C=O) groups excluding carboxylic acids is 1. The zero-order valence-corrected chi connectivity index (χ0v) is 50.2. The van der Waals surface area contributed by atoms with E-state index in [1.54, 1.807) is 6.08 Å². The molecular weight excluding hydrogens is 1030 g/mol. The SMILES string of the molecule is CC/C=C\C/C=C\C/C=C\C/C=C\C/C=C\C/C=C\CCC(=O)NC(COC1OC(CO)C(OC2OC(CO)C(O)C(O)C2O)C(O)C1O)C(O)/C=C/CC/C=C/CCCCCCCCCCCCCCCCCCCCCCCC. The van der Waals surface area contributed by atoms with Gasteiger partial charge in [0.2, 0.25) is 5.91 Å². The molecule has 0 aromatic carbocycles. The Hall–Kier alpha value is -3.09. The van der Waals surface area contributed by atoms with Crippen LogP contribution in [0.15, 0.2) is 97.2 Å². The third-order valence-corrected chi connectivity index (χ3v) is 15.0. The van der Waals surface area contributed by atoms with Crippen LogP contribution in [0.3, 0.4) is 0 Å². The standard InChI is InChI=1S/C67H115NO13/c1-3-5-7-9-11-13-15-17-19-21-23-24-25-26-27-28-29-30-31-33-34-36-38-40-42-44-46-48-50-56(71)55(68-59(72)51-49-47-45-43-41-39-37-35-32-22-20-18-16-14-12-10-8-6-4-2)54-78-66-64(77)62(75)65(58(53-70)80-66)81-67-63(76)61(74)60(73)57(52-69)79-67/h6,8,12,14,18,20,32,35,39-42,45,47-48,50,55-58,60-67,69-71,73-77H,3-5,7,9-11,13,15-17,19,21-31,33-34,36-38,43-44,46,49,51-54H2,1-2H3,(H,68,72)/b8-6-,14-12-,20-18-,35-32-,41-39-,42-40+,47-45-,50-48+. The lowest BCUT2D eigenvalue weighted by Crippen LogP contribution is -2.65. The van der Waals surface area contributed by atoms with Crippen molar-refractivity contribution in [3.05, 3.63) is 97.2 Å². The van der Waals surface area contributed by atoms with Crippen LogP contribution in [0, 0.1) is 0 Å². The molecule has 0 spiro atoms. The van der Waals surface area contributed by atoms with Gasteiger partial charge in [-0.1, -0.05) is 246 Å². The summed E-state index contributed by atoms with van der Waals surface area (Å²) in [6.45, 7) is 2.62. The van der Waals surface area contributed by atoms with Crippen molar-refractivity contribution in [3.8, 4) is 0 Å². The molecule has 1 amide bonds. The van der Waals surface area contributed by atoms with Crippen LogP contribution in [0.2, 0.25) is 0 Å². The number of ether oxygens (including phenoxy) is 4. The molecule has 2 fully saturated rings. The maximum absolute atomic E-state index is 13.2. The minimum absolute atomic E-state index is 0.143. The highest BCUT2D eigenvalue weighted by Crippen LogP contribution is 2.30. The van der Waals surface area contributed by atoms with E-state index in [4.69, 9.17) is 18.9 Å². The van der Waals surface area contributed by atoms with Crippen LogP contribution in [0.4, 0.5) is 0 Å². The second kappa shape index (κ2) is 51.3.